The fourth-order valence-electron chi connectivity index (χ4n) is 0.622. The second-order valence-electron chi connectivity index (χ2n) is 2.68. The van der Waals surface area contributed by atoms with Gasteiger partial charge < -0.3 is 0 Å². The zero-order valence-corrected chi connectivity index (χ0v) is 7.49. The predicted molar refractivity (Wildman–Crippen MR) is 40.6 cm³/mol. The largest absolute Gasteiger partial charge is 0.300 e. The Kier molecular flexibility index (Phi) is 3.44. The summed E-state index contributed by atoms with van der Waals surface area (Å²) in [7, 11) is -4.54. The lowest BCUT2D eigenvalue weighted by atomic mass is 10.2. The van der Waals surface area contributed by atoms with Gasteiger partial charge in [0, 0.05) is 0 Å². The number of hydrogen-bond acceptors (Lipinski definition) is 2. The van der Waals surface area contributed by atoms with Crippen LogP contribution >= 0.6 is 0 Å². The van der Waals surface area contributed by atoms with Crippen molar-refractivity contribution in [3.63, 3.8) is 0 Å². The number of hydrogen-bond donors (Lipinski definition) is 1. The summed E-state index contributed by atoms with van der Waals surface area (Å²) >= 11 is 0. The lowest BCUT2D eigenvalue weighted by Crippen LogP contribution is -2.29. The van der Waals surface area contributed by atoms with Crippen LogP contribution in [0.2, 0.25) is 0 Å². The highest BCUT2D eigenvalue weighted by molar-refractivity contribution is 7.87. The molecule has 0 heterocycles. The van der Waals surface area contributed by atoms with Gasteiger partial charge in [-0.2, -0.15) is 8.42 Å². The van der Waals surface area contributed by atoms with Crippen LogP contribution in [0.15, 0.2) is 0 Å². The molecule has 0 fully saturated rings. The minimum Gasteiger partial charge on any atom is -0.283 e. The molecule has 0 aliphatic heterocycles. The molecule has 1 atom stereocenters. The van der Waals surface area contributed by atoms with E-state index in [1.165, 1.54) is 0 Å². The van der Waals surface area contributed by atoms with Crippen molar-refractivity contribution >= 4 is 10.1 Å². The van der Waals surface area contributed by atoms with E-state index < -0.39 is 15.1 Å². The number of unbranched alkanes of at least 4 members (excludes halogenated alkanes) is 1. The average Bonchev–Trinajstić information content (AvgIpc) is 1.81. The van der Waals surface area contributed by atoms with Crippen molar-refractivity contribution in [3.05, 3.63) is 0 Å². The average molecular weight is 184 g/mol. The second kappa shape index (κ2) is 3.49. The molecule has 0 radical (unpaired) electrons. The number of alkyl halides is 1. The molecule has 0 amide bonds. The topological polar surface area (TPSA) is 54.4 Å². The quantitative estimate of drug-likeness (QED) is 0.677. The van der Waals surface area contributed by atoms with E-state index in [-0.39, 0.29) is 6.42 Å². The summed E-state index contributed by atoms with van der Waals surface area (Å²) in [5.74, 6) is 0. The van der Waals surface area contributed by atoms with Gasteiger partial charge in [-0.1, -0.05) is 13.3 Å². The first kappa shape index (κ1) is 10.8. The van der Waals surface area contributed by atoms with Crippen LogP contribution in [0.5, 0.6) is 0 Å². The molecule has 68 valence electrons. The molecule has 0 aromatic rings. The van der Waals surface area contributed by atoms with Gasteiger partial charge in [0.1, 0.15) is 0 Å². The van der Waals surface area contributed by atoms with Crippen LogP contribution in [-0.4, -0.2) is 18.0 Å². The summed E-state index contributed by atoms with van der Waals surface area (Å²) in [6.45, 7) is 2.69. The van der Waals surface area contributed by atoms with E-state index in [2.05, 4.69) is 0 Å². The summed E-state index contributed by atoms with van der Waals surface area (Å²) in [5.41, 5.74) is 0. The molecule has 0 saturated carbocycles. The van der Waals surface area contributed by atoms with Gasteiger partial charge in [0.05, 0.1) is 0 Å². The van der Waals surface area contributed by atoms with Crippen LogP contribution in [0.3, 0.4) is 0 Å². The van der Waals surface area contributed by atoms with Crippen LogP contribution < -0.4 is 0 Å². The minimum atomic E-state index is -4.54. The van der Waals surface area contributed by atoms with E-state index in [9.17, 15) is 12.8 Å². The van der Waals surface area contributed by atoms with E-state index in [0.717, 1.165) is 6.92 Å². The molecule has 0 aromatic heterocycles. The first-order valence-electron chi connectivity index (χ1n) is 3.47. The van der Waals surface area contributed by atoms with Crippen molar-refractivity contribution in [2.75, 3.05) is 0 Å². The zero-order valence-electron chi connectivity index (χ0n) is 6.67. The second-order valence-corrected chi connectivity index (χ2v) is 4.48. The molecule has 1 N–H and O–H groups in total. The fourth-order valence-corrected chi connectivity index (χ4v) is 1.02. The van der Waals surface area contributed by atoms with Gasteiger partial charge in [0.2, 0.25) is 5.00 Å². The Bertz CT molecular complexity index is 208. The maximum absolute atomic E-state index is 12.9. The van der Waals surface area contributed by atoms with Crippen LogP contribution in [0.1, 0.15) is 33.1 Å². The number of halogens is 1. The third kappa shape index (κ3) is 3.16. The van der Waals surface area contributed by atoms with Crippen molar-refractivity contribution in [2.24, 2.45) is 0 Å². The standard InChI is InChI=1S/C6H13FO3S/c1-3-4-5-6(2,7)11(8,9)10/h3-5H2,1-2H3,(H,8,9,10). The van der Waals surface area contributed by atoms with Crippen molar-refractivity contribution in [1.29, 1.82) is 0 Å². The zero-order chi connectivity index (χ0) is 9.12. The van der Waals surface area contributed by atoms with Crippen LogP contribution in [0.25, 0.3) is 0 Å². The highest BCUT2D eigenvalue weighted by Gasteiger charge is 2.36. The van der Waals surface area contributed by atoms with E-state index >= 15 is 0 Å². The molecule has 1 unspecified atom stereocenters. The van der Waals surface area contributed by atoms with Gasteiger partial charge in [0.25, 0.3) is 10.1 Å². The molecule has 0 aromatic carbocycles. The Labute approximate surface area is 66.4 Å². The molecule has 0 saturated heterocycles. The molecule has 0 spiro atoms. The van der Waals surface area contributed by atoms with Gasteiger partial charge >= 0.3 is 0 Å². The summed E-state index contributed by atoms with van der Waals surface area (Å²) in [4.78, 5) is 0. The monoisotopic (exact) mass is 184 g/mol. The predicted octanol–water partition coefficient (Wildman–Crippen LogP) is 1.75. The van der Waals surface area contributed by atoms with Crippen LogP contribution in [-0.2, 0) is 10.1 Å². The third-order valence-electron chi connectivity index (χ3n) is 1.51. The third-order valence-corrected chi connectivity index (χ3v) is 2.79. The Hall–Kier alpha value is -0.160. The normalized spacial score (nSPS) is 17.8. The molecular formula is C6H13FO3S. The maximum Gasteiger partial charge on any atom is 0.300 e. The van der Waals surface area contributed by atoms with E-state index in [4.69, 9.17) is 4.55 Å². The lowest BCUT2D eigenvalue weighted by Gasteiger charge is -2.15. The highest BCUT2D eigenvalue weighted by Crippen LogP contribution is 2.24. The summed E-state index contributed by atoms with van der Waals surface area (Å²) in [5, 5.41) is -2.48. The van der Waals surface area contributed by atoms with Gasteiger partial charge in [0.15, 0.2) is 0 Å². The van der Waals surface area contributed by atoms with Crippen molar-refractivity contribution in [1.82, 2.24) is 0 Å². The molecule has 3 nitrogen and oxygen atoms in total. The van der Waals surface area contributed by atoms with Crippen LogP contribution in [0.4, 0.5) is 4.39 Å². The molecule has 0 aliphatic rings. The van der Waals surface area contributed by atoms with Crippen molar-refractivity contribution < 1.29 is 17.4 Å². The van der Waals surface area contributed by atoms with Gasteiger partial charge in [-0.3, -0.25) is 4.55 Å². The van der Waals surface area contributed by atoms with E-state index in [0.29, 0.717) is 12.8 Å². The highest BCUT2D eigenvalue weighted by atomic mass is 32.2. The summed E-state index contributed by atoms with van der Waals surface area (Å²) in [6.07, 6.45) is 1.00. The van der Waals surface area contributed by atoms with E-state index in [1.807, 2.05) is 6.92 Å². The van der Waals surface area contributed by atoms with Crippen molar-refractivity contribution in [2.45, 2.75) is 38.1 Å². The Balaban J connectivity index is 4.24. The van der Waals surface area contributed by atoms with Gasteiger partial charge in [-0.05, 0) is 19.8 Å². The lowest BCUT2D eigenvalue weighted by molar-refractivity contribution is 0.246. The Morgan fingerprint density at radius 1 is 1.55 bits per heavy atom. The molecular weight excluding hydrogens is 171 g/mol. The maximum atomic E-state index is 12.9. The van der Waals surface area contributed by atoms with Gasteiger partial charge in [-0.15, -0.1) is 0 Å². The molecule has 11 heavy (non-hydrogen) atoms. The molecule has 0 bridgehead atoms. The first-order valence-corrected chi connectivity index (χ1v) is 4.91. The minimum absolute atomic E-state index is 0.150. The summed E-state index contributed by atoms with van der Waals surface area (Å²) in [6, 6.07) is 0. The Morgan fingerprint density at radius 3 is 2.27 bits per heavy atom. The SMILES string of the molecule is CCCCC(C)(F)S(=O)(=O)O. The Morgan fingerprint density at radius 2 is 2.00 bits per heavy atom. The first-order chi connectivity index (χ1) is 4.81. The van der Waals surface area contributed by atoms with Gasteiger partial charge in [-0.25, -0.2) is 4.39 Å². The summed E-state index contributed by atoms with van der Waals surface area (Å²) < 4.78 is 42.0. The van der Waals surface area contributed by atoms with E-state index in [1.54, 1.807) is 0 Å². The fraction of sp³-hybridized carbons (Fsp3) is 1.00. The molecule has 5 heteroatoms. The smallest absolute Gasteiger partial charge is 0.283 e. The van der Waals surface area contributed by atoms with Crippen LogP contribution in [0, 0.1) is 0 Å². The number of rotatable bonds is 4. The molecule has 0 rings (SSSR count). The van der Waals surface area contributed by atoms with Crippen molar-refractivity contribution in [3.8, 4) is 0 Å². The molecule has 0 aliphatic carbocycles.